The summed E-state index contributed by atoms with van der Waals surface area (Å²) >= 11 is 0. The molecule has 3 aromatic rings. The summed E-state index contributed by atoms with van der Waals surface area (Å²) in [7, 11) is 1.50. The molecule has 2 aromatic heterocycles. The number of nitrogens with zero attached hydrogens (tertiary/aromatic N) is 2. The Morgan fingerprint density at radius 3 is 2.39 bits per heavy atom. The van der Waals surface area contributed by atoms with Crippen LogP contribution < -0.4 is 19.8 Å². The molecule has 28 heavy (non-hydrogen) atoms. The summed E-state index contributed by atoms with van der Waals surface area (Å²) in [6.07, 6.45) is -2.90. The number of hydrogen-bond donors (Lipinski definition) is 0. The van der Waals surface area contributed by atoms with Crippen LogP contribution in [0.5, 0.6) is 17.4 Å². The van der Waals surface area contributed by atoms with Crippen molar-refractivity contribution in [2.75, 3.05) is 20.3 Å². The predicted octanol–water partition coefficient (Wildman–Crippen LogP) is 3.71. The molecule has 0 radical (unpaired) electrons. The third-order valence-electron chi connectivity index (χ3n) is 3.83. The van der Waals surface area contributed by atoms with E-state index in [2.05, 4.69) is 4.98 Å². The summed E-state index contributed by atoms with van der Waals surface area (Å²) in [6, 6.07) is 8.92. The first-order chi connectivity index (χ1) is 13.3. The number of fused-ring (bicyclic) bond motifs is 1. The van der Waals surface area contributed by atoms with Crippen LogP contribution >= 0.6 is 0 Å². The zero-order valence-corrected chi connectivity index (χ0v) is 15.1. The highest BCUT2D eigenvalue weighted by molar-refractivity contribution is 5.70. The summed E-state index contributed by atoms with van der Waals surface area (Å²) < 4.78 is 53.5. The Morgan fingerprint density at radius 2 is 1.79 bits per heavy atom. The minimum atomic E-state index is -4.43. The number of benzene rings is 1. The molecule has 1 aromatic carbocycles. The van der Waals surface area contributed by atoms with Gasteiger partial charge in [0.15, 0.2) is 6.61 Å². The van der Waals surface area contributed by atoms with E-state index in [-0.39, 0.29) is 29.4 Å². The third kappa shape index (κ3) is 4.19. The second-order valence-electron chi connectivity index (χ2n) is 5.75. The summed E-state index contributed by atoms with van der Waals surface area (Å²) in [5, 5.41) is 0. The molecule has 0 spiro atoms. The molecule has 3 rings (SSSR count). The van der Waals surface area contributed by atoms with Crippen molar-refractivity contribution in [2.45, 2.75) is 13.1 Å². The van der Waals surface area contributed by atoms with Crippen molar-refractivity contribution >= 4 is 5.65 Å². The Hall–Kier alpha value is -3.23. The van der Waals surface area contributed by atoms with E-state index < -0.39 is 12.8 Å². The molecule has 0 atom stereocenters. The van der Waals surface area contributed by atoms with Crippen molar-refractivity contribution in [3.8, 4) is 28.5 Å². The first kappa shape index (κ1) is 19.5. The predicted molar refractivity (Wildman–Crippen MR) is 96.2 cm³/mol. The Labute approximate surface area is 158 Å². The third-order valence-corrected chi connectivity index (χ3v) is 3.83. The lowest BCUT2D eigenvalue weighted by Gasteiger charge is -2.13. The molecule has 6 nitrogen and oxygen atoms in total. The standard InChI is InChI=1S/C19H17F3N2O4/c1-3-27-17-16(12-4-6-13(7-5-12)28-11-19(20,21)22)18(25)24-9-8-14(26-2)10-15(24)23-17/h4-10H,3,11H2,1-2H3. The maximum Gasteiger partial charge on any atom is 0.422 e. The normalized spacial score (nSPS) is 11.5. The quantitative estimate of drug-likeness (QED) is 0.638. The van der Waals surface area contributed by atoms with Gasteiger partial charge in [-0.3, -0.25) is 9.20 Å². The van der Waals surface area contributed by atoms with Gasteiger partial charge in [0.25, 0.3) is 5.56 Å². The van der Waals surface area contributed by atoms with E-state index in [1.807, 2.05) is 0 Å². The molecule has 0 aliphatic heterocycles. The lowest BCUT2D eigenvalue weighted by Crippen LogP contribution is -2.19. The minimum absolute atomic E-state index is 0.0395. The molecule has 0 aliphatic carbocycles. The van der Waals surface area contributed by atoms with Crippen LogP contribution in [-0.4, -0.2) is 35.9 Å². The number of aromatic nitrogens is 2. The number of rotatable bonds is 6. The molecule has 0 unspecified atom stereocenters. The minimum Gasteiger partial charge on any atom is -0.497 e. The van der Waals surface area contributed by atoms with Crippen molar-refractivity contribution in [1.82, 2.24) is 9.38 Å². The monoisotopic (exact) mass is 394 g/mol. The molecule has 2 heterocycles. The van der Waals surface area contributed by atoms with Crippen LogP contribution in [0.4, 0.5) is 13.2 Å². The first-order valence-corrected chi connectivity index (χ1v) is 8.35. The van der Waals surface area contributed by atoms with Crippen LogP contribution in [0.15, 0.2) is 47.4 Å². The highest BCUT2D eigenvalue weighted by atomic mass is 19.4. The molecule has 0 N–H and O–H groups in total. The molecule has 0 amide bonds. The number of pyridine rings is 1. The van der Waals surface area contributed by atoms with Gasteiger partial charge in [0, 0.05) is 12.3 Å². The molecule has 0 fully saturated rings. The summed E-state index contributed by atoms with van der Waals surface area (Å²) in [4.78, 5) is 17.4. The summed E-state index contributed by atoms with van der Waals surface area (Å²) in [5.41, 5.74) is 0.624. The molecular weight excluding hydrogens is 377 g/mol. The maximum atomic E-state index is 13.0. The van der Waals surface area contributed by atoms with Crippen molar-refractivity contribution in [3.63, 3.8) is 0 Å². The SMILES string of the molecule is CCOc1nc2cc(OC)ccn2c(=O)c1-c1ccc(OCC(F)(F)F)cc1. The van der Waals surface area contributed by atoms with Gasteiger partial charge in [-0.25, -0.2) is 0 Å². The van der Waals surface area contributed by atoms with Gasteiger partial charge in [-0.2, -0.15) is 18.2 Å². The van der Waals surface area contributed by atoms with Gasteiger partial charge in [-0.15, -0.1) is 0 Å². The highest BCUT2D eigenvalue weighted by Crippen LogP contribution is 2.28. The van der Waals surface area contributed by atoms with Gasteiger partial charge >= 0.3 is 6.18 Å². The van der Waals surface area contributed by atoms with Crippen molar-refractivity contribution in [1.29, 1.82) is 0 Å². The Morgan fingerprint density at radius 1 is 1.07 bits per heavy atom. The van der Waals surface area contributed by atoms with Crippen LogP contribution in [0.3, 0.4) is 0 Å². The fourth-order valence-corrected chi connectivity index (χ4v) is 2.60. The van der Waals surface area contributed by atoms with E-state index in [9.17, 15) is 18.0 Å². The van der Waals surface area contributed by atoms with E-state index in [1.54, 1.807) is 19.1 Å². The van der Waals surface area contributed by atoms with Gasteiger partial charge in [0.1, 0.15) is 22.7 Å². The zero-order valence-electron chi connectivity index (χ0n) is 15.1. The van der Waals surface area contributed by atoms with Gasteiger partial charge in [-0.1, -0.05) is 12.1 Å². The largest absolute Gasteiger partial charge is 0.497 e. The topological polar surface area (TPSA) is 62.1 Å². The summed E-state index contributed by atoms with van der Waals surface area (Å²) in [6.45, 7) is 0.651. The fourth-order valence-electron chi connectivity index (χ4n) is 2.60. The van der Waals surface area contributed by atoms with Crippen LogP contribution in [0.2, 0.25) is 0 Å². The molecule has 9 heteroatoms. The van der Waals surface area contributed by atoms with Gasteiger partial charge in [0.2, 0.25) is 5.88 Å². The van der Waals surface area contributed by atoms with Gasteiger partial charge < -0.3 is 14.2 Å². The lowest BCUT2D eigenvalue weighted by atomic mass is 10.1. The average molecular weight is 394 g/mol. The number of methoxy groups -OCH3 is 1. The second-order valence-corrected chi connectivity index (χ2v) is 5.75. The van der Waals surface area contributed by atoms with E-state index in [0.29, 0.717) is 17.0 Å². The van der Waals surface area contributed by atoms with Gasteiger partial charge in [0.05, 0.1) is 13.7 Å². The van der Waals surface area contributed by atoms with E-state index in [4.69, 9.17) is 14.2 Å². The number of alkyl halides is 3. The molecule has 0 aliphatic rings. The van der Waals surface area contributed by atoms with Crippen LogP contribution in [0.1, 0.15) is 6.92 Å². The molecule has 0 bridgehead atoms. The van der Waals surface area contributed by atoms with E-state index in [0.717, 1.165) is 0 Å². The molecule has 148 valence electrons. The Bertz CT molecular complexity index is 1030. The molecule has 0 saturated carbocycles. The second kappa shape index (κ2) is 7.79. The van der Waals surface area contributed by atoms with Crippen LogP contribution in [-0.2, 0) is 0 Å². The van der Waals surface area contributed by atoms with Crippen molar-refractivity contribution < 1.29 is 27.4 Å². The molecular formula is C19H17F3N2O4. The molecule has 0 saturated heterocycles. The number of hydrogen-bond acceptors (Lipinski definition) is 5. The Kier molecular flexibility index (Phi) is 5.43. The van der Waals surface area contributed by atoms with Crippen LogP contribution in [0.25, 0.3) is 16.8 Å². The number of ether oxygens (including phenoxy) is 3. The zero-order chi connectivity index (χ0) is 20.3. The maximum absolute atomic E-state index is 13.0. The number of halogens is 3. The summed E-state index contributed by atoms with van der Waals surface area (Å²) in [5.74, 6) is 0.704. The smallest absolute Gasteiger partial charge is 0.422 e. The van der Waals surface area contributed by atoms with Crippen molar-refractivity contribution in [3.05, 3.63) is 52.9 Å². The average Bonchev–Trinajstić information content (AvgIpc) is 2.66. The highest BCUT2D eigenvalue weighted by Gasteiger charge is 2.28. The lowest BCUT2D eigenvalue weighted by molar-refractivity contribution is -0.153. The van der Waals surface area contributed by atoms with Crippen molar-refractivity contribution in [2.24, 2.45) is 0 Å². The van der Waals surface area contributed by atoms with E-state index >= 15 is 0 Å². The Balaban J connectivity index is 2.04. The van der Waals surface area contributed by atoms with Crippen LogP contribution in [0, 0.1) is 0 Å². The van der Waals surface area contributed by atoms with E-state index in [1.165, 1.54) is 42.0 Å². The van der Waals surface area contributed by atoms with Gasteiger partial charge in [-0.05, 0) is 30.7 Å². The fraction of sp³-hybridized carbons (Fsp3) is 0.263. The first-order valence-electron chi connectivity index (χ1n) is 8.35.